The van der Waals surface area contributed by atoms with Crippen molar-refractivity contribution in [3.8, 4) is 0 Å². The fourth-order valence-electron chi connectivity index (χ4n) is 3.08. The van der Waals surface area contributed by atoms with Crippen LogP contribution < -0.4 is 5.56 Å². The van der Waals surface area contributed by atoms with Gasteiger partial charge in [-0.3, -0.25) is 4.79 Å². The van der Waals surface area contributed by atoms with Crippen LogP contribution in [-0.4, -0.2) is 17.3 Å². The summed E-state index contributed by atoms with van der Waals surface area (Å²) in [5.74, 6) is 0.525. The smallest absolute Gasteiger partial charge is 0.254 e. The highest BCUT2D eigenvalue weighted by Crippen LogP contribution is 2.23. The molecule has 0 spiro atoms. The largest absolute Gasteiger partial charge is 0.376 e. The Kier molecular flexibility index (Phi) is 3.48. The number of hydrogen-bond acceptors (Lipinski definition) is 3. The van der Waals surface area contributed by atoms with Crippen molar-refractivity contribution in [1.29, 1.82) is 0 Å². The van der Waals surface area contributed by atoms with Gasteiger partial charge < -0.3 is 9.30 Å². The van der Waals surface area contributed by atoms with Crippen molar-refractivity contribution in [3.05, 3.63) is 33.2 Å². The van der Waals surface area contributed by atoms with Gasteiger partial charge in [0.2, 0.25) is 0 Å². The number of rotatable bonds is 3. The third-order valence-corrected chi connectivity index (χ3v) is 4.35. The van der Waals surface area contributed by atoms with Gasteiger partial charge in [-0.1, -0.05) is 0 Å². The van der Waals surface area contributed by atoms with E-state index in [0.717, 1.165) is 50.8 Å². The summed E-state index contributed by atoms with van der Waals surface area (Å²) in [7, 11) is 0. The van der Waals surface area contributed by atoms with Crippen LogP contribution in [0.3, 0.4) is 0 Å². The van der Waals surface area contributed by atoms with Crippen LogP contribution in [0.5, 0.6) is 0 Å². The average Bonchev–Trinajstić information content (AvgIpc) is 3.03. The lowest BCUT2D eigenvalue weighted by atomic mass is 10.1. The molecule has 18 heavy (non-hydrogen) atoms. The summed E-state index contributed by atoms with van der Waals surface area (Å²) in [5.41, 5.74) is 3.55. The normalized spacial score (nSPS) is 22.4. The van der Waals surface area contributed by atoms with Gasteiger partial charge in [0.05, 0.1) is 12.6 Å². The molecule has 0 radical (unpaired) electrons. The molecule has 0 amide bonds. The first kappa shape index (κ1) is 12.3. The summed E-state index contributed by atoms with van der Waals surface area (Å²) in [4.78, 5) is 12.4. The molecular weight excluding hydrogens is 246 g/mol. The van der Waals surface area contributed by atoms with Crippen LogP contribution in [-0.2, 0) is 29.9 Å². The van der Waals surface area contributed by atoms with Crippen molar-refractivity contribution in [2.45, 2.75) is 50.5 Å². The van der Waals surface area contributed by atoms with Crippen LogP contribution in [0, 0.1) is 0 Å². The van der Waals surface area contributed by atoms with E-state index in [4.69, 9.17) is 4.74 Å². The van der Waals surface area contributed by atoms with E-state index < -0.39 is 0 Å². The number of nitrogens with zero attached hydrogens (tertiary/aromatic N) is 1. The van der Waals surface area contributed by atoms with Crippen LogP contribution in [0.25, 0.3) is 0 Å². The van der Waals surface area contributed by atoms with Gasteiger partial charge >= 0.3 is 0 Å². The Morgan fingerprint density at radius 2 is 2.28 bits per heavy atom. The van der Waals surface area contributed by atoms with Crippen LogP contribution in [0.2, 0.25) is 0 Å². The van der Waals surface area contributed by atoms with Gasteiger partial charge in [-0.25, -0.2) is 0 Å². The summed E-state index contributed by atoms with van der Waals surface area (Å²) in [6, 6.07) is 2.06. The van der Waals surface area contributed by atoms with E-state index in [1.165, 1.54) is 11.3 Å². The molecule has 0 bridgehead atoms. The Morgan fingerprint density at radius 3 is 3.00 bits per heavy atom. The molecule has 2 aliphatic rings. The zero-order valence-electron chi connectivity index (χ0n) is 10.5. The number of hydrogen-bond donors (Lipinski definition) is 1. The van der Waals surface area contributed by atoms with E-state index in [2.05, 4.69) is 18.7 Å². The molecule has 2 heterocycles. The minimum absolute atomic E-state index is 0.140. The van der Waals surface area contributed by atoms with Crippen molar-refractivity contribution < 1.29 is 4.74 Å². The summed E-state index contributed by atoms with van der Waals surface area (Å²) in [6.45, 7) is 1.57. The summed E-state index contributed by atoms with van der Waals surface area (Å²) in [5, 5.41) is 0. The molecule has 1 aliphatic heterocycles. The second-order valence-electron chi connectivity index (χ2n) is 5.20. The molecule has 4 heteroatoms. The van der Waals surface area contributed by atoms with E-state index in [9.17, 15) is 4.79 Å². The van der Waals surface area contributed by atoms with Crippen LogP contribution in [0.4, 0.5) is 0 Å². The number of aryl methyl sites for hydroxylation is 1. The minimum atomic E-state index is 0.140. The lowest BCUT2D eigenvalue weighted by Crippen LogP contribution is -2.31. The molecule has 0 saturated carbocycles. The summed E-state index contributed by atoms with van der Waals surface area (Å²) < 4.78 is 7.63. The quantitative estimate of drug-likeness (QED) is 0.847. The van der Waals surface area contributed by atoms with E-state index in [1.54, 1.807) is 0 Å². The van der Waals surface area contributed by atoms with Gasteiger partial charge in [0.25, 0.3) is 5.56 Å². The second kappa shape index (κ2) is 5.10. The highest BCUT2D eigenvalue weighted by molar-refractivity contribution is 7.79. The lowest BCUT2D eigenvalue weighted by molar-refractivity contribution is 0.0954. The van der Waals surface area contributed by atoms with E-state index in [1.807, 2.05) is 4.57 Å². The first-order chi connectivity index (χ1) is 8.79. The lowest BCUT2D eigenvalue weighted by Gasteiger charge is -2.17. The van der Waals surface area contributed by atoms with Crippen molar-refractivity contribution in [1.82, 2.24) is 4.57 Å². The highest BCUT2D eigenvalue weighted by Gasteiger charge is 2.22. The molecule has 98 valence electrons. The van der Waals surface area contributed by atoms with Crippen LogP contribution in [0.1, 0.15) is 36.1 Å². The van der Waals surface area contributed by atoms with Gasteiger partial charge in [0.1, 0.15) is 0 Å². The first-order valence-corrected chi connectivity index (χ1v) is 7.40. The zero-order valence-corrected chi connectivity index (χ0v) is 11.4. The fraction of sp³-hybridized carbons (Fsp3) is 0.643. The molecule has 1 saturated heterocycles. The number of thiol groups is 1. The standard InChI is InChI=1S/C14H19NO2S/c16-14-11(9-18)7-10-3-1-5-13(10)15(14)8-12-4-2-6-17-12/h7,12,18H,1-6,8-9H2. The number of fused-ring (bicyclic) bond motifs is 1. The van der Waals surface area contributed by atoms with Crippen LogP contribution in [0.15, 0.2) is 10.9 Å². The van der Waals surface area contributed by atoms with Crippen molar-refractivity contribution in [2.75, 3.05) is 6.61 Å². The number of pyridine rings is 1. The van der Waals surface area contributed by atoms with Gasteiger partial charge in [-0.2, -0.15) is 12.6 Å². The van der Waals surface area contributed by atoms with E-state index in [0.29, 0.717) is 5.75 Å². The second-order valence-corrected chi connectivity index (χ2v) is 5.52. The summed E-state index contributed by atoms with van der Waals surface area (Å²) >= 11 is 4.27. The molecule has 1 atom stereocenters. The molecule has 1 fully saturated rings. The third-order valence-electron chi connectivity index (χ3n) is 4.01. The molecule has 0 aromatic carbocycles. The van der Waals surface area contributed by atoms with E-state index >= 15 is 0 Å². The van der Waals surface area contributed by atoms with Gasteiger partial charge in [-0.15, -0.1) is 0 Å². The predicted molar refractivity (Wildman–Crippen MR) is 74.4 cm³/mol. The fourth-order valence-corrected chi connectivity index (χ4v) is 3.31. The van der Waals surface area contributed by atoms with Gasteiger partial charge in [-0.05, 0) is 43.7 Å². The Labute approximate surface area is 113 Å². The molecule has 1 unspecified atom stereocenters. The molecule has 3 rings (SSSR count). The third kappa shape index (κ3) is 2.12. The van der Waals surface area contributed by atoms with Crippen molar-refractivity contribution in [2.24, 2.45) is 0 Å². The molecule has 1 aromatic heterocycles. The van der Waals surface area contributed by atoms with Crippen LogP contribution >= 0.6 is 12.6 Å². The molecule has 0 N–H and O–H groups in total. The minimum Gasteiger partial charge on any atom is -0.376 e. The monoisotopic (exact) mass is 265 g/mol. The average molecular weight is 265 g/mol. The maximum atomic E-state index is 12.4. The Bertz CT molecular complexity index is 503. The first-order valence-electron chi connectivity index (χ1n) is 6.76. The molecular formula is C14H19NO2S. The van der Waals surface area contributed by atoms with Gasteiger partial charge in [0.15, 0.2) is 0 Å². The SMILES string of the molecule is O=c1c(CS)cc2c(n1CC1CCCO1)CCC2. The maximum absolute atomic E-state index is 12.4. The summed E-state index contributed by atoms with van der Waals surface area (Å²) in [6.07, 6.45) is 5.71. The van der Waals surface area contributed by atoms with Crippen molar-refractivity contribution >= 4 is 12.6 Å². The Balaban J connectivity index is 2.00. The molecule has 1 aromatic rings. The van der Waals surface area contributed by atoms with Crippen molar-refractivity contribution in [3.63, 3.8) is 0 Å². The van der Waals surface area contributed by atoms with Gasteiger partial charge in [0, 0.05) is 23.6 Å². The Morgan fingerprint density at radius 1 is 1.39 bits per heavy atom. The molecule has 1 aliphatic carbocycles. The number of ether oxygens (including phenoxy) is 1. The zero-order chi connectivity index (χ0) is 12.5. The van der Waals surface area contributed by atoms with E-state index in [-0.39, 0.29) is 11.7 Å². The maximum Gasteiger partial charge on any atom is 0.254 e. The highest BCUT2D eigenvalue weighted by atomic mass is 32.1. The molecule has 3 nitrogen and oxygen atoms in total. The predicted octanol–water partition coefficient (Wildman–Crippen LogP) is 1.95. The number of aromatic nitrogens is 1. The topological polar surface area (TPSA) is 31.2 Å². The Hall–Kier alpha value is -0.740.